The quantitative estimate of drug-likeness (QED) is 0.819. The summed E-state index contributed by atoms with van der Waals surface area (Å²) in [5.74, 6) is 0. The van der Waals surface area contributed by atoms with Crippen molar-refractivity contribution in [2.45, 2.75) is 33.4 Å². The van der Waals surface area contributed by atoms with Crippen LogP contribution in [0.2, 0.25) is 0 Å². The summed E-state index contributed by atoms with van der Waals surface area (Å²) in [6, 6.07) is 17.9. The molecule has 0 bridgehead atoms. The SMILES string of the molecule is CCN(CC)c1ccc(CN2CCc3ccccc3C2)cc1. The zero-order valence-electron chi connectivity index (χ0n) is 13.8. The molecule has 2 aromatic rings. The van der Waals surface area contributed by atoms with Crippen LogP contribution in [0.15, 0.2) is 48.5 Å². The molecule has 3 rings (SSSR count). The highest BCUT2D eigenvalue weighted by Crippen LogP contribution is 2.21. The lowest BCUT2D eigenvalue weighted by molar-refractivity contribution is 0.245. The molecule has 0 fully saturated rings. The molecule has 0 N–H and O–H groups in total. The van der Waals surface area contributed by atoms with Crippen LogP contribution >= 0.6 is 0 Å². The summed E-state index contributed by atoms with van der Waals surface area (Å²) in [6.07, 6.45) is 1.17. The first-order valence-corrected chi connectivity index (χ1v) is 8.43. The van der Waals surface area contributed by atoms with Crippen LogP contribution in [0.3, 0.4) is 0 Å². The second-order valence-corrected chi connectivity index (χ2v) is 6.07. The number of fused-ring (bicyclic) bond motifs is 1. The van der Waals surface area contributed by atoms with E-state index in [1.54, 1.807) is 0 Å². The van der Waals surface area contributed by atoms with Gasteiger partial charge in [-0.2, -0.15) is 0 Å². The van der Waals surface area contributed by atoms with Gasteiger partial charge in [0.1, 0.15) is 0 Å². The van der Waals surface area contributed by atoms with Crippen molar-refractivity contribution in [2.75, 3.05) is 24.5 Å². The lowest BCUT2D eigenvalue weighted by Gasteiger charge is -2.29. The van der Waals surface area contributed by atoms with Crippen molar-refractivity contribution >= 4 is 5.69 Å². The minimum absolute atomic E-state index is 1.05. The van der Waals surface area contributed by atoms with Gasteiger partial charge in [-0.05, 0) is 49.1 Å². The third kappa shape index (κ3) is 3.33. The Hall–Kier alpha value is -1.80. The largest absolute Gasteiger partial charge is 0.372 e. The smallest absolute Gasteiger partial charge is 0.0366 e. The lowest BCUT2D eigenvalue weighted by Crippen LogP contribution is -2.30. The average molecular weight is 294 g/mol. The third-order valence-electron chi connectivity index (χ3n) is 4.68. The van der Waals surface area contributed by atoms with Gasteiger partial charge in [0.05, 0.1) is 0 Å². The number of hydrogen-bond acceptors (Lipinski definition) is 2. The van der Waals surface area contributed by atoms with Crippen LogP contribution in [0.1, 0.15) is 30.5 Å². The minimum atomic E-state index is 1.05. The van der Waals surface area contributed by atoms with Crippen LogP contribution in [-0.4, -0.2) is 24.5 Å². The fourth-order valence-corrected chi connectivity index (χ4v) is 3.35. The van der Waals surface area contributed by atoms with Crippen molar-refractivity contribution < 1.29 is 0 Å². The molecule has 1 aliphatic rings. The fraction of sp³-hybridized carbons (Fsp3) is 0.400. The molecule has 2 heteroatoms. The number of rotatable bonds is 5. The summed E-state index contributed by atoms with van der Waals surface area (Å²) in [5, 5.41) is 0. The van der Waals surface area contributed by atoms with Crippen molar-refractivity contribution in [1.29, 1.82) is 0 Å². The maximum absolute atomic E-state index is 2.55. The Balaban J connectivity index is 1.65. The second-order valence-electron chi connectivity index (χ2n) is 6.07. The predicted octanol–water partition coefficient (Wildman–Crippen LogP) is 4.09. The molecule has 0 aliphatic carbocycles. The van der Waals surface area contributed by atoms with Gasteiger partial charge in [-0.3, -0.25) is 4.90 Å². The molecular weight excluding hydrogens is 268 g/mol. The fourth-order valence-electron chi connectivity index (χ4n) is 3.35. The Morgan fingerprint density at radius 3 is 2.27 bits per heavy atom. The van der Waals surface area contributed by atoms with Crippen LogP contribution < -0.4 is 4.90 Å². The summed E-state index contributed by atoms with van der Waals surface area (Å²) in [5.41, 5.74) is 5.76. The van der Waals surface area contributed by atoms with Crippen molar-refractivity contribution in [3.8, 4) is 0 Å². The van der Waals surface area contributed by atoms with Gasteiger partial charge in [0.15, 0.2) is 0 Å². The topological polar surface area (TPSA) is 6.48 Å². The first kappa shape index (κ1) is 15.1. The van der Waals surface area contributed by atoms with E-state index >= 15 is 0 Å². The van der Waals surface area contributed by atoms with Crippen molar-refractivity contribution in [3.63, 3.8) is 0 Å². The van der Waals surface area contributed by atoms with E-state index in [1.807, 2.05) is 0 Å². The molecule has 0 unspecified atom stereocenters. The zero-order valence-corrected chi connectivity index (χ0v) is 13.8. The minimum Gasteiger partial charge on any atom is -0.372 e. The molecule has 0 saturated carbocycles. The molecule has 0 radical (unpaired) electrons. The van der Waals surface area contributed by atoms with E-state index in [4.69, 9.17) is 0 Å². The van der Waals surface area contributed by atoms with Crippen LogP contribution in [-0.2, 0) is 19.5 Å². The molecule has 0 saturated heterocycles. The zero-order chi connectivity index (χ0) is 15.4. The van der Waals surface area contributed by atoms with Gasteiger partial charge in [0.2, 0.25) is 0 Å². The van der Waals surface area contributed by atoms with Gasteiger partial charge in [0, 0.05) is 38.4 Å². The van der Waals surface area contributed by atoms with Crippen LogP contribution in [0.5, 0.6) is 0 Å². The number of anilines is 1. The summed E-state index contributed by atoms with van der Waals surface area (Å²) >= 11 is 0. The van der Waals surface area contributed by atoms with Crippen molar-refractivity contribution in [3.05, 3.63) is 65.2 Å². The second kappa shape index (κ2) is 6.97. The molecule has 0 aromatic heterocycles. The first-order chi connectivity index (χ1) is 10.8. The van der Waals surface area contributed by atoms with E-state index in [0.717, 1.165) is 32.7 Å². The third-order valence-corrected chi connectivity index (χ3v) is 4.68. The summed E-state index contributed by atoms with van der Waals surface area (Å²) in [6.45, 7) is 9.85. The molecule has 116 valence electrons. The Morgan fingerprint density at radius 1 is 0.909 bits per heavy atom. The number of benzene rings is 2. The van der Waals surface area contributed by atoms with Crippen LogP contribution in [0.25, 0.3) is 0 Å². The highest BCUT2D eigenvalue weighted by molar-refractivity contribution is 5.47. The molecular formula is C20H26N2. The Morgan fingerprint density at radius 2 is 1.59 bits per heavy atom. The lowest BCUT2D eigenvalue weighted by atomic mass is 9.99. The van der Waals surface area contributed by atoms with E-state index in [-0.39, 0.29) is 0 Å². The normalized spacial score (nSPS) is 14.6. The molecule has 2 aromatic carbocycles. The van der Waals surface area contributed by atoms with Gasteiger partial charge in [-0.25, -0.2) is 0 Å². The standard InChI is InChI=1S/C20H26N2/c1-3-22(4-2)20-11-9-17(10-12-20)15-21-14-13-18-7-5-6-8-19(18)16-21/h5-12H,3-4,13-16H2,1-2H3. The van der Waals surface area contributed by atoms with E-state index in [2.05, 4.69) is 72.2 Å². The maximum atomic E-state index is 2.55. The highest BCUT2D eigenvalue weighted by Gasteiger charge is 2.15. The molecule has 22 heavy (non-hydrogen) atoms. The van der Waals surface area contributed by atoms with Gasteiger partial charge in [-0.15, -0.1) is 0 Å². The van der Waals surface area contributed by atoms with Gasteiger partial charge >= 0.3 is 0 Å². The van der Waals surface area contributed by atoms with Gasteiger partial charge in [-0.1, -0.05) is 36.4 Å². The first-order valence-electron chi connectivity index (χ1n) is 8.43. The summed E-state index contributed by atoms with van der Waals surface area (Å²) < 4.78 is 0. The molecule has 0 spiro atoms. The Bertz CT molecular complexity index is 599. The number of nitrogens with zero attached hydrogens (tertiary/aromatic N) is 2. The van der Waals surface area contributed by atoms with E-state index in [9.17, 15) is 0 Å². The van der Waals surface area contributed by atoms with Gasteiger partial charge in [0.25, 0.3) is 0 Å². The Labute approximate surface area is 134 Å². The van der Waals surface area contributed by atoms with E-state index in [0.29, 0.717) is 0 Å². The molecule has 1 aliphatic heterocycles. The molecule has 2 nitrogen and oxygen atoms in total. The summed E-state index contributed by atoms with van der Waals surface area (Å²) in [7, 11) is 0. The van der Waals surface area contributed by atoms with E-state index < -0.39 is 0 Å². The monoisotopic (exact) mass is 294 g/mol. The summed E-state index contributed by atoms with van der Waals surface area (Å²) in [4.78, 5) is 4.94. The van der Waals surface area contributed by atoms with Crippen LogP contribution in [0.4, 0.5) is 5.69 Å². The van der Waals surface area contributed by atoms with Gasteiger partial charge < -0.3 is 4.90 Å². The maximum Gasteiger partial charge on any atom is 0.0366 e. The number of hydrogen-bond donors (Lipinski definition) is 0. The predicted molar refractivity (Wildman–Crippen MR) is 94.3 cm³/mol. The van der Waals surface area contributed by atoms with E-state index in [1.165, 1.54) is 28.8 Å². The molecule has 0 atom stereocenters. The van der Waals surface area contributed by atoms with Crippen molar-refractivity contribution in [2.24, 2.45) is 0 Å². The highest BCUT2D eigenvalue weighted by atomic mass is 15.1. The Kier molecular flexibility index (Phi) is 4.79. The molecule has 0 amide bonds. The molecule has 1 heterocycles. The average Bonchev–Trinajstić information content (AvgIpc) is 2.57. The van der Waals surface area contributed by atoms with Crippen molar-refractivity contribution in [1.82, 2.24) is 4.90 Å². The van der Waals surface area contributed by atoms with Crippen LogP contribution in [0, 0.1) is 0 Å².